The molecule has 0 radical (unpaired) electrons. The topological polar surface area (TPSA) is 64.6 Å². The van der Waals surface area contributed by atoms with Crippen molar-refractivity contribution in [3.05, 3.63) is 77.6 Å². The van der Waals surface area contributed by atoms with Crippen molar-refractivity contribution < 1.29 is 14.3 Å². The Morgan fingerprint density at radius 2 is 1.90 bits per heavy atom. The number of amides is 1. The Morgan fingerprint density at radius 1 is 1.10 bits per heavy atom. The first-order valence-corrected chi connectivity index (χ1v) is 11.0. The lowest BCUT2D eigenvalue weighted by Gasteiger charge is -2.33. The number of halogens is 1. The minimum absolute atomic E-state index is 0.235. The van der Waals surface area contributed by atoms with Gasteiger partial charge in [0.05, 0.1) is 16.3 Å². The summed E-state index contributed by atoms with van der Waals surface area (Å²) < 4.78 is 12.9. The Balaban J connectivity index is 1.53. The van der Waals surface area contributed by atoms with E-state index in [0.29, 0.717) is 33.7 Å². The smallest absolute Gasteiger partial charge is 0.274 e. The third-order valence-corrected chi connectivity index (χ3v) is 6.35. The van der Waals surface area contributed by atoms with Gasteiger partial charge in [-0.2, -0.15) is 0 Å². The number of thiazole rings is 1. The highest BCUT2D eigenvalue weighted by Gasteiger charge is 2.38. The number of para-hydroxylation sites is 3. The summed E-state index contributed by atoms with van der Waals surface area (Å²) in [5.74, 6) is 0.943. The van der Waals surface area contributed by atoms with Gasteiger partial charge in [-0.3, -0.25) is 14.7 Å². The lowest BCUT2D eigenvalue weighted by atomic mass is 10.1. The highest BCUT2D eigenvalue weighted by molar-refractivity contribution is 7.22. The number of benzene rings is 2. The van der Waals surface area contributed by atoms with Gasteiger partial charge in [0, 0.05) is 12.4 Å². The van der Waals surface area contributed by atoms with Gasteiger partial charge in [-0.15, -0.1) is 0 Å². The fourth-order valence-corrected chi connectivity index (χ4v) is 4.75. The van der Waals surface area contributed by atoms with Crippen LogP contribution in [0.3, 0.4) is 0 Å². The van der Waals surface area contributed by atoms with Crippen LogP contribution in [-0.4, -0.2) is 28.1 Å². The van der Waals surface area contributed by atoms with Crippen molar-refractivity contribution in [1.29, 1.82) is 0 Å². The molecule has 5 rings (SSSR count). The van der Waals surface area contributed by atoms with Gasteiger partial charge in [0.1, 0.15) is 11.6 Å². The van der Waals surface area contributed by atoms with Crippen LogP contribution in [0.5, 0.6) is 11.5 Å². The van der Waals surface area contributed by atoms with Crippen LogP contribution in [-0.2, 0) is 11.3 Å². The van der Waals surface area contributed by atoms with Crippen LogP contribution in [0.15, 0.2) is 67.0 Å². The molecule has 2 aromatic heterocycles. The number of fused-ring (bicyclic) bond motifs is 2. The molecular formula is C23H18ClN3O3S. The number of nitrogens with zero attached hydrogens (tertiary/aromatic N) is 3. The highest BCUT2D eigenvalue weighted by atomic mass is 35.5. The number of rotatable bonds is 4. The van der Waals surface area contributed by atoms with E-state index >= 15 is 0 Å². The Kier molecular flexibility index (Phi) is 5.21. The standard InChI is InChI=1S/C23H18ClN3O3S/c1-14-21(30-18-9-3-2-8-17(18)29-14)22(28)27(13-15-6-5-11-25-12-15)23-26-20-16(24)7-4-10-19(20)31-23/h2-12,14,21H,13H2,1H3. The van der Waals surface area contributed by atoms with Crippen LogP contribution < -0.4 is 14.4 Å². The van der Waals surface area contributed by atoms with E-state index in [2.05, 4.69) is 9.97 Å². The molecule has 0 spiro atoms. The minimum Gasteiger partial charge on any atom is -0.482 e. The molecule has 0 fully saturated rings. The maximum atomic E-state index is 13.7. The van der Waals surface area contributed by atoms with Crippen molar-refractivity contribution >= 4 is 44.2 Å². The molecule has 8 heteroatoms. The number of aromatic nitrogens is 2. The summed E-state index contributed by atoms with van der Waals surface area (Å²) in [6.45, 7) is 2.13. The van der Waals surface area contributed by atoms with E-state index in [1.54, 1.807) is 29.4 Å². The number of anilines is 1. The zero-order valence-electron chi connectivity index (χ0n) is 16.6. The summed E-state index contributed by atoms with van der Waals surface area (Å²) in [6.07, 6.45) is 2.16. The normalized spacial score (nSPS) is 17.5. The molecule has 1 aliphatic heterocycles. The monoisotopic (exact) mass is 451 g/mol. The van der Waals surface area contributed by atoms with Gasteiger partial charge in [-0.05, 0) is 42.8 Å². The van der Waals surface area contributed by atoms with Crippen molar-refractivity contribution in [2.75, 3.05) is 4.90 Å². The molecule has 0 saturated carbocycles. The highest BCUT2D eigenvalue weighted by Crippen LogP contribution is 2.37. The zero-order valence-corrected chi connectivity index (χ0v) is 18.1. The molecule has 0 saturated heterocycles. The van der Waals surface area contributed by atoms with Crippen LogP contribution >= 0.6 is 22.9 Å². The van der Waals surface area contributed by atoms with Gasteiger partial charge in [0.2, 0.25) is 6.10 Å². The number of carbonyl (C=O) groups excluding carboxylic acids is 1. The molecule has 2 atom stereocenters. The molecule has 0 bridgehead atoms. The van der Waals surface area contributed by atoms with E-state index in [1.165, 1.54) is 11.3 Å². The van der Waals surface area contributed by atoms with Crippen LogP contribution in [0.1, 0.15) is 12.5 Å². The molecule has 156 valence electrons. The van der Waals surface area contributed by atoms with E-state index in [0.717, 1.165) is 10.3 Å². The Bertz CT molecular complexity index is 1250. The van der Waals surface area contributed by atoms with Gasteiger partial charge in [-0.1, -0.05) is 47.2 Å². The molecule has 6 nitrogen and oxygen atoms in total. The molecule has 1 aliphatic rings. The third-order valence-electron chi connectivity index (χ3n) is 5.00. The average Bonchev–Trinajstić information content (AvgIpc) is 3.23. The maximum Gasteiger partial charge on any atom is 0.274 e. The Hall–Kier alpha value is -3.16. The second-order valence-corrected chi connectivity index (χ2v) is 8.59. The minimum atomic E-state index is -0.811. The summed E-state index contributed by atoms with van der Waals surface area (Å²) in [6, 6.07) is 16.7. The summed E-state index contributed by atoms with van der Waals surface area (Å²) >= 11 is 7.74. The van der Waals surface area contributed by atoms with Crippen molar-refractivity contribution in [2.45, 2.75) is 25.7 Å². The largest absolute Gasteiger partial charge is 0.482 e. The van der Waals surface area contributed by atoms with Crippen LogP contribution in [0, 0.1) is 0 Å². The predicted octanol–water partition coefficient (Wildman–Crippen LogP) is 5.11. The molecule has 0 aliphatic carbocycles. The van der Waals surface area contributed by atoms with Crippen molar-refractivity contribution in [2.24, 2.45) is 0 Å². The Morgan fingerprint density at radius 3 is 2.65 bits per heavy atom. The zero-order chi connectivity index (χ0) is 21.4. The first-order valence-electron chi connectivity index (χ1n) is 9.78. The number of pyridine rings is 1. The number of hydrogen-bond donors (Lipinski definition) is 0. The summed E-state index contributed by atoms with van der Waals surface area (Å²) in [5.41, 5.74) is 1.55. The molecule has 2 aromatic carbocycles. The summed E-state index contributed by atoms with van der Waals surface area (Å²) in [5, 5.41) is 1.10. The number of carbonyl (C=O) groups is 1. The van der Waals surface area contributed by atoms with Crippen LogP contribution in [0.2, 0.25) is 5.02 Å². The molecule has 3 heterocycles. The maximum absolute atomic E-state index is 13.7. The SMILES string of the molecule is CC1Oc2ccccc2OC1C(=O)N(Cc1cccnc1)c1nc2c(Cl)cccc2s1. The van der Waals surface area contributed by atoms with E-state index in [9.17, 15) is 4.79 Å². The van der Waals surface area contributed by atoms with E-state index in [-0.39, 0.29) is 5.91 Å². The Labute approximate surface area is 188 Å². The second-order valence-electron chi connectivity index (χ2n) is 7.18. The molecule has 2 unspecified atom stereocenters. The average molecular weight is 452 g/mol. The van der Waals surface area contributed by atoms with E-state index < -0.39 is 12.2 Å². The summed E-state index contributed by atoms with van der Waals surface area (Å²) in [7, 11) is 0. The van der Waals surface area contributed by atoms with Gasteiger partial charge in [0.25, 0.3) is 5.91 Å². The lowest BCUT2D eigenvalue weighted by molar-refractivity contribution is -0.130. The summed E-state index contributed by atoms with van der Waals surface area (Å²) in [4.78, 5) is 24.2. The van der Waals surface area contributed by atoms with Gasteiger partial charge in [0.15, 0.2) is 16.6 Å². The third kappa shape index (κ3) is 3.82. The van der Waals surface area contributed by atoms with Gasteiger partial charge >= 0.3 is 0 Å². The van der Waals surface area contributed by atoms with Crippen LogP contribution in [0.4, 0.5) is 5.13 Å². The van der Waals surface area contributed by atoms with Crippen molar-refractivity contribution in [1.82, 2.24) is 9.97 Å². The molecular weight excluding hydrogens is 434 g/mol. The van der Waals surface area contributed by atoms with Gasteiger partial charge < -0.3 is 9.47 Å². The van der Waals surface area contributed by atoms with Crippen molar-refractivity contribution in [3.63, 3.8) is 0 Å². The molecule has 1 amide bonds. The fraction of sp³-hybridized carbons (Fsp3) is 0.174. The van der Waals surface area contributed by atoms with E-state index in [4.69, 9.17) is 21.1 Å². The molecule has 31 heavy (non-hydrogen) atoms. The fourth-order valence-electron chi connectivity index (χ4n) is 3.48. The number of hydrogen-bond acceptors (Lipinski definition) is 6. The van der Waals surface area contributed by atoms with E-state index in [1.807, 2.05) is 49.4 Å². The lowest BCUT2D eigenvalue weighted by Crippen LogP contribution is -2.50. The first-order chi connectivity index (χ1) is 15.1. The first kappa shape index (κ1) is 19.8. The second kappa shape index (κ2) is 8.17. The predicted molar refractivity (Wildman–Crippen MR) is 121 cm³/mol. The van der Waals surface area contributed by atoms with Gasteiger partial charge in [-0.25, -0.2) is 4.98 Å². The number of ether oxygens (including phenoxy) is 2. The van der Waals surface area contributed by atoms with Crippen LogP contribution in [0.25, 0.3) is 10.2 Å². The molecule has 0 N–H and O–H groups in total. The molecule has 4 aromatic rings. The van der Waals surface area contributed by atoms with Crippen molar-refractivity contribution in [3.8, 4) is 11.5 Å². The quantitative estimate of drug-likeness (QED) is 0.431.